The van der Waals surface area contributed by atoms with E-state index in [1.165, 1.54) is 18.4 Å². The highest BCUT2D eigenvalue weighted by atomic mass is 79.9. The number of nitrogens with zero attached hydrogens (tertiary/aromatic N) is 2. The van der Waals surface area contributed by atoms with Gasteiger partial charge in [-0.25, -0.2) is 4.98 Å². The van der Waals surface area contributed by atoms with Gasteiger partial charge in [-0.2, -0.15) is 0 Å². The van der Waals surface area contributed by atoms with E-state index in [0.29, 0.717) is 18.4 Å². The summed E-state index contributed by atoms with van der Waals surface area (Å²) < 4.78 is 2.70. The largest absolute Gasteiger partial charge is 0.396 e. The van der Waals surface area contributed by atoms with Gasteiger partial charge in [0.1, 0.15) is 0 Å². The van der Waals surface area contributed by atoms with Gasteiger partial charge in [0, 0.05) is 23.4 Å². The Balaban J connectivity index is 1.93. The van der Waals surface area contributed by atoms with E-state index < -0.39 is 0 Å². The molecule has 1 aromatic carbocycles. The Morgan fingerprint density at radius 3 is 2.96 bits per heavy atom. The minimum Gasteiger partial charge on any atom is -0.396 e. The second-order valence-electron chi connectivity index (χ2n) is 6.30. The highest BCUT2D eigenvalue weighted by molar-refractivity contribution is 9.10. The molecule has 3 rings (SSSR count). The molecular weight excluding hydrogens is 400 g/mol. The average Bonchev–Trinajstić information content (AvgIpc) is 2.63. The molecular formula is C19H23BrN2O2S. The Labute approximate surface area is 160 Å². The molecule has 0 amide bonds. The minimum atomic E-state index is 0.0224. The molecule has 25 heavy (non-hydrogen) atoms. The van der Waals surface area contributed by atoms with Crippen molar-refractivity contribution < 1.29 is 5.11 Å². The number of allylic oxidation sites excluding steroid dienone is 2. The molecule has 0 atom stereocenters. The minimum absolute atomic E-state index is 0.0224. The van der Waals surface area contributed by atoms with Crippen molar-refractivity contribution in [2.45, 2.75) is 50.2 Å². The number of halogens is 1. The van der Waals surface area contributed by atoms with E-state index in [-0.39, 0.29) is 12.2 Å². The Bertz CT molecular complexity index is 832. The van der Waals surface area contributed by atoms with Crippen LogP contribution in [0, 0.1) is 0 Å². The molecule has 4 nitrogen and oxygen atoms in total. The number of benzene rings is 1. The monoisotopic (exact) mass is 422 g/mol. The summed E-state index contributed by atoms with van der Waals surface area (Å²) in [5.41, 5.74) is 2.21. The van der Waals surface area contributed by atoms with Gasteiger partial charge in [-0.15, -0.1) is 0 Å². The first-order valence-electron chi connectivity index (χ1n) is 8.80. The first kappa shape index (κ1) is 18.7. The zero-order valence-electron chi connectivity index (χ0n) is 14.2. The molecule has 0 saturated carbocycles. The molecule has 0 saturated heterocycles. The lowest BCUT2D eigenvalue weighted by molar-refractivity contribution is 0.296. The van der Waals surface area contributed by atoms with Crippen molar-refractivity contribution in [3.05, 3.63) is 44.7 Å². The van der Waals surface area contributed by atoms with Gasteiger partial charge in [-0.1, -0.05) is 39.3 Å². The summed E-state index contributed by atoms with van der Waals surface area (Å²) in [7, 11) is 0. The molecule has 1 aliphatic rings. The van der Waals surface area contributed by atoms with Crippen LogP contribution < -0.4 is 5.56 Å². The predicted octanol–water partition coefficient (Wildman–Crippen LogP) is 4.52. The third kappa shape index (κ3) is 4.74. The number of hydrogen-bond acceptors (Lipinski definition) is 4. The van der Waals surface area contributed by atoms with Gasteiger partial charge in [0.15, 0.2) is 5.16 Å². The number of rotatable bonds is 7. The summed E-state index contributed by atoms with van der Waals surface area (Å²) in [6.45, 7) is 0.826. The number of fused-ring (bicyclic) bond motifs is 1. The Morgan fingerprint density at radius 2 is 2.20 bits per heavy atom. The quantitative estimate of drug-likeness (QED) is 0.308. The third-order valence-corrected chi connectivity index (χ3v) is 6.01. The van der Waals surface area contributed by atoms with Crippen molar-refractivity contribution in [3.63, 3.8) is 0 Å². The second-order valence-corrected chi connectivity index (χ2v) is 8.27. The zero-order valence-corrected chi connectivity index (χ0v) is 16.6. The maximum Gasteiger partial charge on any atom is 0.262 e. The van der Waals surface area contributed by atoms with Crippen molar-refractivity contribution in [2.75, 3.05) is 12.4 Å². The van der Waals surface area contributed by atoms with Gasteiger partial charge < -0.3 is 5.11 Å². The lowest BCUT2D eigenvalue weighted by Crippen LogP contribution is -2.24. The number of aliphatic hydroxyl groups is 1. The summed E-state index contributed by atoms with van der Waals surface area (Å²) in [6, 6.07) is 5.64. The molecule has 0 spiro atoms. The maximum atomic E-state index is 13.0. The van der Waals surface area contributed by atoms with E-state index in [1.807, 2.05) is 22.8 Å². The smallest absolute Gasteiger partial charge is 0.262 e. The molecule has 1 aromatic heterocycles. The Morgan fingerprint density at radius 1 is 1.32 bits per heavy atom. The molecule has 0 unspecified atom stereocenters. The summed E-state index contributed by atoms with van der Waals surface area (Å²) in [4.78, 5) is 17.7. The average molecular weight is 423 g/mol. The van der Waals surface area contributed by atoms with Gasteiger partial charge in [-0.05, 0) is 56.7 Å². The molecule has 1 heterocycles. The first-order chi connectivity index (χ1) is 12.2. The van der Waals surface area contributed by atoms with Crippen LogP contribution in [0.4, 0.5) is 0 Å². The van der Waals surface area contributed by atoms with Crippen molar-refractivity contribution in [3.8, 4) is 0 Å². The van der Waals surface area contributed by atoms with Gasteiger partial charge in [0.05, 0.1) is 10.9 Å². The van der Waals surface area contributed by atoms with Gasteiger partial charge >= 0.3 is 0 Å². The third-order valence-electron chi connectivity index (χ3n) is 4.46. The highest BCUT2D eigenvalue weighted by Gasteiger charge is 2.13. The van der Waals surface area contributed by atoms with Crippen molar-refractivity contribution in [2.24, 2.45) is 0 Å². The number of thioether (sulfide) groups is 1. The fourth-order valence-corrected chi connectivity index (χ4v) is 4.41. The Kier molecular flexibility index (Phi) is 6.73. The summed E-state index contributed by atoms with van der Waals surface area (Å²) >= 11 is 5.00. The van der Waals surface area contributed by atoms with Gasteiger partial charge in [0.25, 0.3) is 5.56 Å². The molecule has 6 heteroatoms. The molecule has 0 radical (unpaired) electrons. The molecule has 2 aromatic rings. The van der Waals surface area contributed by atoms with Crippen LogP contribution >= 0.6 is 27.7 Å². The number of hydrogen-bond donors (Lipinski definition) is 1. The molecule has 1 aliphatic carbocycles. The zero-order chi connectivity index (χ0) is 17.6. The Hall–Kier alpha value is -1.11. The van der Waals surface area contributed by atoms with Crippen molar-refractivity contribution in [1.29, 1.82) is 0 Å². The topological polar surface area (TPSA) is 55.1 Å². The molecule has 134 valence electrons. The standard InChI is InChI=1S/C19H23BrN2O2S/c20-15-7-8-17-16(13-15)18(24)22(19(21-17)25-12-4-11-23)10-9-14-5-2-1-3-6-14/h5,7-8,13,23H,1-4,6,9-12H2. The van der Waals surface area contributed by atoms with Gasteiger partial charge in [0.2, 0.25) is 0 Å². The second kappa shape index (κ2) is 9.01. The van der Waals surface area contributed by atoms with Crippen LogP contribution in [0.3, 0.4) is 0 Å². The lowest BCUT2D eigenvalue weighted by Gasteiger charge is -2.16. The fourth-order valence-electron chi connectivity index (χ4n) is 3.10. The van der Waals surface area contributed by atoms with Crippen LogP contribution in [0.25, 0.3) is 10.9 Å². The number of aliphatic hydroxyl groups excluding tert-OH is 1. The molecule has 0 aliphatic heterocycles. The van der Waals surface area contributed by atoms with E-state index in [1.54, 1.807) is 11.8 Å². The van der Waals surface area contributed by atoms with Crippen LogP contribution in [-0.2, 0) is 6.54 Å². The lowest BCUT2D eigenvalue weighted by atomic mass is 9.97. The summed E-state index contributed by atoms with van der Waals surface area (Å²) in [5.74, 6) is 0.758. The van der Waals surface area contributed by atoms with E-state index in [4.69, 9.17) is 10.1 Å². The van der Waals surface area contributed by atoms with Crippen LogP contribution in [0.15, 0.2) is 44.3 Å². The van der Waals surface area contributed by atoms with Gasteiger partial charge in [-0.3, -0.25) is 9.36 Å². The maximum absolute atomic E-state index is 13.0. The predicted molar refractivity (Wildman–Crippen MR) is 107 cm³/mol. The van der Waals surface area contributed by atoms with Crippen molar-refractivity contribution in [1.82, 2.24) is 9.55 Å². The van der Waals surface area contributed by atoms with E-state index >= 15 is 0 Å². The SMILES string of the molecule is O=c1c2cc(Br)ccc2nc(SCCCO)n1CCC1=CCCCC1. The fraction of sp³-hybridized carbons (Fsp3) is 0.474. The van der Waals surface area contributed by atoms with Crippen LogP contribution in [0.1, 0.15) is 38.5 Å². The van der Waals surface area contributed by atoms with Crippen molar-refractivity contribution >= 4 is 38.6 Å². The molecule has 0 bridgehead atoms. The summed E-state index contributed by atoms with van der Waals surface area (Å²) in [5, 5.41) is 10.4. The van der Waals surface area contributed by atoms with E-state index in [2.05, 4.69) is 22.0 Å². The molecule has 0 fully saturated rings. The normalized spacial score (nSPS) is 14.7. The van der Waals surface area contributed by atoms with Crippen LogP contribution in [-0.4, -0.2) is 27.0 Å². The summed E-state index contributed by atoms with van der Waals surface area (Å²) in [6.07, 6.45) is 8.77. The van der Waals surface area contributed by atoms with E-state index in [9.17, 15) is 4.79 Å². The molecule has 1 N–H and O–H groups in total. The van der Waals surface area contributed by atoms with E-state index in [0.717, 1.165) is 40.2 Å². The highest BCUT2D eigenvalue weighted by Crippen LogP contribution is 2.24. The number of aromatic nitrogens is 2. The first-order valence-corrected chi connectivity index (χ1v) is 10.6. The van der Waals surface area contributed by atoms with Crippen LogP contribution in [0.2, 0.25) is 0 Å². The van der Waals surface area contributed by atoms with Crippen LogP contribution in [0.5, 0.6) is 0 Å².